The minimum Gasteiger partial charge on any atom is -0.210 e. The Morgan fingerprint density at radius 3 is 1.06 bits per heavy atom. The van der Waals surface area contributed by atoms with Crippen LogP contribution >= 0.6 is 0 Å². The molecule has 5 nitrogen and oxygen atoms in total. The fraction of sp³-hybridized carbons (Fsp3) is 0.500. The largest absolute Gasteiger partial charge is 0.427 e. The highest BCUT2D eigenvalue weighted by Gasteiger charge is 2.91. The molecule has 0 aromatic heterocycles. The Hall–Kier alpha value is -1.97. The van der Waals surface area contributed by atoms with Gasteiger partial charge in [0.05, 0.1) is 16.0 Å². The summed E-state index contributed by atoms with van der Waals surface area (Å²) in [6.07, 6.45) is -35.3. The van der Waals surface area contributed by atoms with Gasteiger partial charge < -0.3 is 0 Å². The smallest absolute Gasteiger partial charge is 0.210 e. The molecule has 0 aliphatic rings. The highest BCUT2D eigenvalue weighted by Crippen LogP contribution is 2.57. The van der Waals surface area contributed by atoms with E-state index in [4.69, 9.17) is 0 Å². The van der Waals surface area contributed by atoms with E-state index in [-0.39, 0.29) is 0 Å². The van der Waals surface area contributed by atoms with Gasteiger partial charge in [0.25, 0.3) is 20.0 Å². The van der Waals surface area contributed by atoms with Crippen molar-refractivity contribution in [3.8, 4) is 0 Å². The van der Waals surface area contributed by atoms with Crippen molar-refractivity contribution in [2.75, 3.05) is 0 Å². The minimum absolute atomic E-state index is 0.683. The van der Waals surface area contributed by atoms with Crippen molar-refractivity contribution >= 4 is 20.0 Å². The first-order valence-electron chi connectivity index (χ1n) is 7.30. The van der Waals surface area contributed by atoms with Crippen LogP contribution in [0.3, 0.4) is 0 Å². The van der Waals surface area contributed by atoms with E-state index in [1.165, 1.54) is 0 Å². The molecule has 198 valence electrons. The van der Waals surface area contributed by atoms with Crippen molar-refractivity contribution in [2.24, 2.45) is 0 Å². The number of halogens is 15. The average Bonchev–Trinajstić information content (AvgIpc) is 2.46. The maximum atomic E-state index is 12.9. The van der Waals surface area contributed by atoms with Crippen LogP contribution in [0.2, 0.25) is 0 Å². The van der Waals surface area contributed by atoms with Crippen LogP contribution in [0.4, 0.5) is 65.9 Å². The van der Waals surface area contributed by atoms with Gasteiger partial charge in [-0.15, -0.1) is 4.13 Å². The van der Waals surface area contributed by atoms with Crippen LogP contribution in [-0.4, -0.2) is 40.1 Å². The summed E-state index contributed by atoms with van der Waals surface area (Å²) in [5.74, 6) is 0. The number of rotatable bonds is 4. The molecule has 1 aromatic carbocycles. The molecule has 0 spiro atoms. The van der Waals surface area contributed by atoms with Gasteiger partial charge in [-0.1, -0.05) is 0 Å². The highest BCUT2D eigenvalue weighted by molar-refractivity contribution is 8.05. The van der Waals surface area contributed by atoms with Crippen molar-refractivity contribution in [1.29, 1.82) is 0 Å². The predicted molar refractivity (Wildman–Crippen MR) is 76.6 cm³/mol. The van der Waals surface area contributed by atoms with Crippen LogP contribution in [0, 0.1) is 0 Å². The second-order valence-electron chi connectivity index (χ2n) is 6.01. The molecule has 34 heavy (non-hydrogen) atoms. The quantitative estimate of drug-likeness (QED) is 0.526. The summed E-state index contributed by atoms with van der Waals surface area (Å²) in [6.45, 7) is 0. The molecular formula is C12H4F15NO4S2. The molecule has 0 bridgehead atoms. The van der Waals surface area contributed by atoms with Gasteiger partial charge in [-0.3, -0.25) is 0 Å². The van der Waals surface area contributed by atoms with Crippen molar-refractivity contribution in [3.63, 3.8) is 0 Å². The van der Waals surface area contributed by atoms with Gasteiger partial charge in [-0.2, -0.15) is 65.9 Å². The lowest BCUT2D eigenvalue weighted by atomic mass is 10.1. The Labute approximate surface area is 177 Å². The molecule has 0 heterocycles. The molecule has 0 saturated carbocycles. The van der Waals surface area contributed by atoms with Gasteiger partial charge in [0.1, 0.15) is 0 Å². The third-order valence-electron chi connectivity index (χ3n) is 3.69. The monoisotopic (exact) mass is 575 g/mol. The van der Waals surface area contributed by atoms with Crippen LogP contribution in [0.25, 0.3) is 0 Å². The molecule has 1 aromatic rings. The van der Waals surface area contributed by atoms with E-state index in [2.05, 4.69) is 0 Å². The summed E-state index contributed by atoms with van der Waals surface area (Å²) in [6, 6.07) is -2.52. The van der Waals surface area contributed by atoms with Gasteiger partial charge in [0, 0.05) is 0 Å². The molecule has 0 aliphatic carbocycles. The predicted octanol–water partition coefficient (Wildman–Crippen LogP) is 4.76. The van der Waals surface area contributed by atoms with E-state index in [1.807, 2.05) is 0 Å². The number of hydrogen-bond donors (Lipinski definition) is 1. The zero-order valence-corrected chi connectivity index (χ0v) is 16.5. The van der Waals surface area contributed by atoms with E-state index in [0.717, 1.165) is 0 Å². The molecule has 1 N–H and O–H groups in total. The summed E-state index contributed by atoms with van der Waals surface area (Å²) >= 11 is 0. The zero-order chi connectivity index (χ0) is 27.6. The molecule has 1 rings (SSSR count). The second kappa shape index (κ2) is 8.03. The number of sulfonamides is 2. The Kier molecular flexibility index (Phi) is 7.10. The maximum absolute atomic E-state index is 12.9. The van der Waals surface area contributed by atoms with Crippen molar-refractivity contribution in [1.82, 2.24) is 4.13 Å². The van der Waals surface area contributed by atoms with E-state index in [9.17, 15) is 82.7 Å². The standard InChI is InChI=1S/C12H4F15NO4S2/c13-7(14,15)4-1-5(8(16,17)18)3-6(2-4)33(29,30)28-34(31,32)9(10(19,20)21,11(22,23)24)12(25,26)27/h1-3,28H. The minimum atomic E-state index is -8.34. The molecule has 0 fully saturated rings. The highest BCUT2D eigenvalue weighted by atomic mass is 32.3. The summed E-state index contributed by atoms with van der Waals surface area (Å²) in [7, 11) is -15.2. The summed E-state index contributed by atoms with van der Waals surface area (Å²) < 4.78 is 232. The van der Waals surface area contributed by atoms with Gasteiger partial charge in [-0.25, -0.2) is 16.8 Å². The van der Waals surface area contributed by atoms with Gasteiger partial charge in [0.15, 0.2) is 0 Å². The SMILES string of the molecule is O=S(=O)(NS(=O)(=O)C(C(F)(F)F)(C(F)(F)F)C(F)(F)F)c1cc(C(F)(F)F)cc(C(F)(F)F)c1. The number of hydrogen-bond acceptors (Lipinski definition) is 4. The van der Waals surface area contributed by atoms with E-state index >= 15 is 0 Å². The van der Waals surface area contributed by atoms with Gasteiger partial charge in [0.2, 0.25) is 0 Å². The van der Waals surface area contributed by atoms with Gasteiger partial charge in [-0.05, 0) is 18.2 Å². The zero-order valence-electron chi connectivity index (χ0n) is 14.9. The second-order valence-corrected chi connectivity index (χ2v) is 9.77. The Balaban J connectivity index is 3.97. The van der Waals surface area contributed by atoms with Crippen LogP contribution < -0.4 is 4.13 Å². The first-order valence-corrected chi connectivity index (χ1v) is 10.3. The Morgan fingerprint density at radius 2 is 0.824 bits per heavy atom. The van der Waals surface area contributed by atoms with Crippen molar-refractivity contribution < 1.29 is 82.7 Å². The van der Waals surface area contributed by atoms with E-state index < -0.39 is 94.0 Å². The van der Waals surface area contributed by atoms with Crippen LogP contribution in [0.5, 0.6) is 0 Å². The van der Waals surface area contributed by atoms with Gasteiger partial charge >= 0.3 is 35.6 Å². The Morgan fingerprint density at radius 1 is 0.529 bits per heavy atom. The first kappa shape index (κ1) is 30.1. The lowest BCUT2D eigenvalue weighted by Gasteiger charge is -2.37. The number of benzene rings is 1. The fourth-order valence-corrected chi connectivity index (χ4v) is 5.79. The average molecular weight is 575 g/mol. The molecule has 0 aliphatic heterocycles. The third kappa shape index (κ3) is 5.16. The van der Waals surface area contributed by atoms with Crippen LogP contribution in [-0.2, 0) is 32.4 Å². The molecule has 0 radical (unpaired) electrons. The number of alkyl halides is 15. The van der Waals surface area contributed by atoms with Crippen molar-refractivity contribution in [3.05, 3.63) is 29.3 Å². The lowest BCUT2D eigenvalue weighted by Crippen LogP contribution is -2.73. The summed E-state index contributed by atoms with van der Waals surface area (Å²) in [5.41, 5.74) is -5.09. The molecule has 0 unspecified atom stereocenters. The van der Waals surface area contributed by atoms with E-state index in [0.29, 0.717) is 0 Å². The number of nitrogens with one attached hydrogen (secondary N) is 1. The first-order chi connectivity index (χ1) is 14.5. The molecule has 0 amide bonds. The molecular weight excluding hydrogens is 571 g/mol. The molecule has 0 saturated heterocycles. The molecule has 22 heteroatoms. The van der Waals surface area contributed by atoms with Crippen LogP contribution in [0.15, 0.2) is 23.1 Å². The normalized spacial score (nSPS) is 15.5. The summed E-state index contributed by atoms with van der Waals surface area (Å²) in [4.78, 5) is -2.57. The molecule has 0 atom stereocenters. The summed E-state index contributed by atoms with van der Waals surface area (Å²) in [5, 5.41) is 0. The van der Waals surface area contributed by atoms with E-state index in [1.54, 1.807) is 0 Å². The topological polar surface area (TPSA) is 80.3 Å². The Bertz CT molecular complexity index is 1070. The van der Waals surface area contributed by atoms with Crippen LogP contribution in [0.1, 0.15) is 11.1 Å². The lowest BCUT2D eigenvalue weighted by molar-refractivity contribution is -0.347. The van der Waals surface area contributed by atoms with Crippen molar-refractivity contribution in [2.45, 2.75) is 40.5 Å². The third-order valence-corrected chi connectivity index (χ3v) is 7.80. The maximum Gasteiger partial charge on any atom is 0.427 e. The fourth-order valence-electron chi connectivity index (χ4n) is 2.28.